The number of nitrogens with one attached hydrogen (secondary N) is 2. The van der Waals surface area contributed by atoms with Crippen molar-refractivity contribution < 1.29 is 14.4 Å². The van der Waals surface area contributed by atoms with Gasteiger partial charge in [0.1, 0.15) is 5.82 Å². The molecule has 1 saturated carbocycles. The second kappa shape index (κ2) is 6.23. The number of amidine groups is 1. The van der Waals surface area contributed by atoms with Crippen molar-refractivity contribution in [2.45, 2.75) is 31.7 Å². The molecule has 5 N–H and O–H groups in total. The Morgan fingerprint density at radius 3 is 2.70 bits per heavy atom. The lowest BCUT2D eigenvalue weighted by Crippen LogP contribution is -2.36. The molecule has 1 aliphatic rings. The van der Waals surface area contributed by atoms with Gasteiger partial charge in [0.05, 0.1) is 5.69 Å². The third kappa shape index (κ3) is 3.37. The van der Waals surface area contributed by atoms with Crippen LogP contribution in [-0.4, -0.2) is 23.1 Å². The largest absolute Gasteiger partial charge is 0.409 e. The average Bonchev–Trinajstić information content (AvgIpc) is 2.93. The monoisotopic (exact) mass is 280 g/mol. The predicted octanol–water partition coefficient (Wildman–Crippen LogP) is 1.98. The highest BCUT2D eigenvalue weighted by Gasteiger charge is 2.17. The smallest absolute Gasteiger partial charge is 0.319 e. The summed E-state index contributed by atoms with van der Waals surface area (Å²) < 4.78 is 13.8. The van der Waals surface area contributed by atoms with E-state index in [1.165, 1.54) is 12.1 Å². The van der Waals surface area contributed by atoms with Crippen LogP contribution in [0.3, 0.4) is 0 Å². The van der Waals surface area contributed by atoms with Crippen molar-refractivity contribution >= 4 is 17.6 Å². The number of oxime groups is 1. The lowest BCUT2D eigenvalue weighted by atomic mass is 10.2. The first-order valence-corrected chi connectivity index (χ1v) is 6.45. The zero-order valence-electron chi connectivity index (χ0n) is 10.9. The normalized spacial score (nSPS) is 16.1. The number of anilines is 1. The van der Waals surface area contributed by atoms with Gasteiger partial charge in [-0.1, -0.05) is 18.0 Å². The van der Waals surface area contributed by atoms with Gasteiger partial charge < -0.3 is 21.6 Å². The molecular weight excluding hydrogens is 263 g/mol. The van der Waals surface area contributed by atoms with Crippen LogP contribution in [0.4, 0.5) is 14.9 Å². The van der Waals surface area contributed by atoms with Gasteiger partial charge in [-0.15, -0.1) is 0 Å². The number of urea groups is 1. The fourth-order valence-electron chi connectivity index (χ4n) is 2.25. The molecule has 1 aromatic rings. The molecule has 7 heteroatoms. The quantitative estimate of drug-likeness (QED) is 0.295. The zero-order valence-corrected chi connectivity index (χ0v) is 10.9. The number of rotatable bonds is 3. The van der Waals surface area contributed by atoms with E-state index in [4.69, 9.17) is 10.9 Å². The minimum Gasteiger partial charge on any atom is -0.409 e. The molecule has 0 atom stereocenters. The standard InChI is InChI=1S/C13H17FN4O2/c14-10-7-8(12(15)18-20)5-6-11(10)17-13(19)16-9-3-1-2-4-9/h5-7,9,20H,1-4H2,(H2,15,18)(H2,16,17,19). The van der Waals surface area contributed by atoms with E-state index in [0.29, 0.717) is 0 Å². The lowest BCUT2D eigenvalue weighted by molar-refractivity contribution is 0.248. The maximum Gasteiger partial charge on any atom is 0.319 e. The van der Waals surface area contributed by atoms with Crippen LogP contribution in [0.2, 0.25) is 0 Å². The second-order valence-electron chi connectivity index (χ2n) is 4.76. The summed E-state index contributed by atoms with van der Waals surface area (Å²) in [4.78, 5) is 11.7. The number of benzene rings is 1. The van der Waals surface area contributed by atoms with E-state index < -0.39 is 11.8 Å². The number of nitrogens with two attached hydrogens (primary N) is 1. The SMILES string of the molecule is N/C(=N/O)c1ccc(NC(=O)NC2CCCC2)c(F)c1. The van der Waals surface area contributed by atoms with Crippen LogP contribution >= 0.6 is 0 Å². The summed E-state index contributed by atoms with van der Waals surface area (Å²) in [5.74, 6) is -0.832. The van der Waals surface area contributed by atoms with Gasteiger partial charge in [0.15, 0.2) is 5.84 Å². The molecule has 0 aliphatic heterocycles. The Bertz CT molecular complexity index is 527. The molecule has 1 aromatic carbocycles. The van der Waals surface area contributed by atoms with Crippen molar-refractivity contribution in [3.63, 3.8) is 0 Å². The summed E-state index contributed by atoms with van der Waals surface area (Å²) in [6.07, 6.45) is 4.12. The van der Waals surface area contributed by atoms with Crippen LogP contribution in [0, 0.1) is 5.82 Å². The van der Waals surface area contributed by atoms with E-state index >= 15 is 0 Å². The maximum atomic E-state index is 13.8. The molecule has 0 spiro atoms. The molecule has 0 saturated heterocycles. The lowest BCUT2D eigenvalue weighted by Gasteiger charge is -2.13. The molecule has 2 amide bonds. The summed E-state index contributed by atoms with van der Waals surface area (Å²) in [6, 6.07) is 3.67. The number of amides is 2. The van der Waals surface area contributed by atoms with Gasteiger partial charge in [0.2, 0.25) is 0 Å². The fourth-order valence-corrected chi connectivity index (χ4v) is 2.25. The molecule has 1 aliphatic carbocycles. The van der Waals surface area contributed by atoms with Crippen LogP contribution in [-0.2, 0) is 0 Å². The molecular formula is C13H17FN4O2. The molecule has 6 nitrogen and oxygen atoms in total. The minimum atomic E-state index is -0.643. The van der Waals surface area contributed by atoms with Gasteiger partial charge in [0, 0.05) is 11.6 Å². The molecule has 108 valence electrons. The summed E-state index contributed by atoms with van der Waals surface area (Å²) >= 11 is 0. The van der Waals surface area contributed by atoms with E-state index in [1.807, 2.05) is 0 Å². The number of nitrogens with zero attached hydrogens (tertiary/aromatic N) is 1. The predicted molar refractivity (Wildman–Crippen MR) is 73.3 cm³/mol. The first-order chi connectivity index (χ1) is 9.60. The third-order valence-electron chi connectivity index (χ3n) is 3.31. The Hall–Kier alpha value is -2.31. The van der Waals surface area contributed by atoms with Crippen LogP contribution < -0.4 is 16.4 Å². The van der Waals surface area contributed by atoms with Gasteiger partial charge in [0.25, 0.3) is 0 Å². The topological polar surface area (TPSA) is 99.7 Å². The fraction of sp³-hybridized carbons (Fsp3) is 0.385. The first kappa shape index (κ1) is 14.1. The highest BCUT2D eigenvalue weighted by atomic mass is 19.1. The van der Waals surface area contributed by atoms with Crippen molar-refractivity contribution in [2.24, 2.45) is 10.9 Å². The summed E-state index contributed by atoms with van der Waals surface area (Å²) in [6.45, 7) is 0. The van der Waals surface area contributed by atoms with E-state index in [0.717, 1.165) is 31.7 Å². The Morgan fingerprint density at radius 2 is 2.10 bits per heavy atom. The van der Waals surface area contributed by atoms with Gasteiger partial charge in [-0.2, -0.15) is 0 Å². The summed E-state index contributed by atoms with van der Waals surface area (Å²) in [7, 11) is 0. The second-order valence-corrected chi connectivity index (χ2v) is 4.76. The Kier molecular flexibility index (Phi) is 4.39. The Balaban J connectivity index is 2.00. The molecule has 0 aromatic heterocycles. The van der Waals surface area contributed by atoms with Crippen molar-refractivity contribution in [2.75, 3.05) is 5.32 Å². The summed E-state index contributed by atoms with van der Waals surface area (Å²) in [5, 5.41) is 16.6. The zero-order chi connectivity index (χ0) is 14.5. The molecule has 0 unspecified atom stereocenters. The average molecular weight is 280 g/mol. The molecule has 2 rings (SSSR count). The van der Waals surface area contributed by atoms with E-state index in [2.05, 4.69) is 15.8 Å². The van der Waals surface area contributed by atoms with Crippen molar-refractivity contribution in [1.82, 2.24) is 5.32 Å². The summed E-state index contributed by atoms with van der Waals surface area (Å²) in [5.41, 5.74) is 5.65. The highest BCUT2D eigenvalue weighted by Crippen LogP contribution is 2.19. The van der Waals surface area contributed by atoms with Crippen molar-refractivity contribution in [3.8, 4) is 0 Å². The highest BCUT2D eigenvalue weighted by molar-refractivity contribution is 5.98. The molecule has 0 bridgehead atoms. The molecule has 0 heterocycles. The van der Waals surface area contributed by atoms with E-state index in [-0.39, 0.29) is 23.1 Å². The Morgan fingerprint density at radius 1 is 1.40 bits per heavy atom. The first-order valence-electron chi connectivity index (χ1n) is 6.45. The minimum absolute atomic E-state index is 0.0509. The molecule has 20 heavy (non-hydrogen) atoms. The van der Waals surface area contributed by atoms with Gasteiger partial charge in [-0.3, -0.25) is 0 Å². The molecule has 0 radical (unpaired) electrons. The van der Waals surface area contributed by atoms with Crippen LogP contribution in [0.1, 0.15) is 31.2 Å². The van der Waals surface area contributed by atoms with Gasteiger partial charge >= 0.3 is 6.03 Å². The number of hydrogen-bond donors (Lipinski definition) is 4. The van der Waals surface area contributed by atoms with Crippen molar-refractivity contribution in [1.29, 1.82) is 0 Å². The Labute approximate surface area is 115 Å². The number of carbonyl (C=O) groups excluding carboxylic acids is 1. The van der Waals surface area contributed by atoms with Crippen molar-refractivity contribution in [3.05, 3.63) is 29.6 Å². The van der Waals surface area contributed by atoms with Crippen LogP contribution in [0.25, 0.3) is 0 Å². The molecule has 1 fully saturated rings. The van der Waals surface area contributed by atoms with Gasteiger partial charge in [-0.05, 0) is 31.0 Å². The number of hydrogen-bond acceptors (Lipinski definition) is 3. The number of carbonyl (C=O) groups is 1. The van der Waals surface area contributed by atoms with Crippen LogP contribution in [0.15, 0.2) is 23.4 Å². The maximum absolute atomic E-state index is 13.8. The van der Waals surface area contributed by atoms with Gasteiger partial charge in [-0.25, -0.2) is 9.18 Å². The van der Waals surface area contributed by atoms with Crippen LogP contribution in [0.5, 0.6) is 0 Å². The number of halogens is 1. The van der Waals surface area contributed by atoms with E-state index in [1.54, 1.807) is 0 Å². The third-order valence-corrected chi connectivity index (χ3v) is 3.31. The van der Waals surface area contributed by atoms with E-state index in [9.17, 15) is 9.18 Å².